The summed E-state index contributed by atoms with van der Waals surface area (Å²) in [5.41, 5.74) is 2.93. The van der Waals surface area contributed by atoms with Crippen LogP contribution in [-0.4, -0.2) is 12.5 Å². The number of carbonyl (C=O) groups is 1. The van der Waals surface area contributed by atoms with Crippen LogP contribution in [0.15, 0.2) is 42.5 Å². The molecular formula is C17H14N2O2. The van der Waals surface area contributed by atoms with Gasteiger partial charge in [0.25, 0.3) is 5.91 Å². The van der Waals surface area contributed by atoms with Crippen molar-refractivity contribution in [1.29, 1.82) is 5.26 Å². The monoisotopic (exact) mass is 278 g/mol. The maximum Gasteiger partial charge on any atom is 0.255 e. The van der Waals surface area contributed by atoms with E-state index in [0.29, 0.717) is 16.8 Å². The average molecular weight is 278 g/mol. The molecule has 4 nitrogen and oxygen atoms in total. The number of amides is 1. The molecule has 0 saturated heterocycles. The van der Waals surface area contributed by atoms with E-state index < -0.39 is 0 Å². The van der Waals surface area contributed by atoms with E-state index in [4.69, 9.17) is 10.00 Å². The van der Waals surface area contributed by atoms with E-state index >= 15 is 0 Å². The number of nitriles is 1. The fourth-order valence-electron chi connectivity index (χ4n) is 2.33. The first-order valence-electron chi connectivity index (χ1n) is 6.83. The summed E-state index contributed by atoms with van der Waals surface area (Å²) in [7, 11) is 0. The molecule has 0 aromatic heterocycles. The number of rotatable bonds is 2. The lowest BCUT2D eigenvalue weighted by atomic mass is 10.0. The number of anilines is 1. The van der Waals surface area contributed by atoms with Crippen LogP contribution in [0.4, 0.5) is 5.69 Å². The SMILES string of the molecule is N#Cc1ccc(NC(=O)c2ccc3c(c2)CCCO3)cc1. The maximum atomic E-state index is 12.2. The lowest BCUT2D eigenvalue weighted by Crippen LogP contribution is -2.14. The highest BCUT2D eigenvalue weighted by molar-refractivity contribution is 6.04. The molecule has 0 bridgehead atoms. The Bertz CT molecular complexity index is 715. The Balaban J connectivity index is 1.77. The molecule has 1 N–H and O–H groups in total. The van der Waals surface area contributed by atoms with Crippen LogP contribution in [0.5, 0.6) is 5.75 Å². The first kappa shape index (κ1) is 13.2. The number of carbonyl (C=O) groups excluding carboxylic acids is 1. The van der Waals surface area contributed by atoms with Gasteiger partial charge in [-0.2, -0.15) is 5.26 Å². The first-order chi connectivity index (χ1) is 10.3. The first-order valence-corrected chi connectivity index (χ1v) is 6.83. The van der Waals surface area contributed by atoms with Crippen molar-refractivity contribution in [1.82, 2.24) is 0 Å². The summed E-state index contributed by atoms with van der Waals surface area (Å²) in [4.78, 5) is 12.2. The molecule has 104 valence electrons. The lowest BCUT2D eigenvalue weighted by Gasteiger charge is -2.17. The summed E-state index contributed by atoms with van der Waals surface area (Å²) >= 11 is 0. The molecule has 0 aliphatic carbocycles. The van der Waals surface area contributed by atoms with E-state index in [-0.39, 0.29) is 5.91 Å². The summed E-state index contributed by atoms with van der Waals surface area (Å²) in [6.45, 7) is 0.740. The van der Waals surface area contributed by atoms with Crippen LogP contribution in [0.1, 0.15) is 27.9 Å². The number of aryl methyl sites for hydroxylation is 1. The van der Waals surface area contributed by atoms with Gasteiger partial charge < -0.3 is 10.1 Å². The average Bonchev–Trinajstić information content (AvgIpc) is 2.55. The summed E-state index contributed by atoms with van der Waals surface area (Å²) < 4.78 is 5.54. The number of ether oxygens (including phenoxy) is 1. The van der Waals surface area contributed by atoms with Crippen molar-refractivity contribution in [2.75, 3.05) is 11.9 Å². The number of nitrogens with one attached hydrogen (secondary N) is 1. The maximum absolute atomic E-state index is 12.2. The smallest absolute Gasteiger partial charge is 0.255 e. The third kappa shape index (κ3) is 2.87. The Morgan fingerprint density at radius 2 is 2.00 bits per heavy atom. The van der Waals surface area contributed by atoms with Crippen molar-refractivity contribution in [2.24, 2.45) is 0 Å². The predicted molar refractivity (Wildman–Crippen MR) is 79.4 cm³/mol. The quantitative estimate of drug-likeness (QED) is 0.918. The molecule has 0 atom stereocenters. The third-order valence-corrected chi connectivity index (χ3v) is 3.44. The molecule has 21 heavy (non-hydrogen) atoms. The van der Waals surface area contributed by atoms with Crippen LogP contribution in [0.25, 0.3) is 0 Å². The highest BCUT2D eigenvalue weighted by atomic mass is 16.5. The molecular weight excluding hydrogens is 264 g/mol. The number of hydrogen-bond acceptors (Lipinski definition) is 3. The Morgan fingerprint density at radius 1 is 1.19 bits per heavy atom. The highest BCUT2D eigenvalue weighted by Gasteiger charge is 2.13. The minimum atomic E-state index is -0.159. The lowest BCUT2D eigenvalue weighted by molar-refractivity contribution is 0.102. The number of benzene rings is 2. The second kappa shape index (κ2) is 5.68. The van der Waals surface area contributed by atoms with Crippen molar-refractivity contribution in [2.45, 2.75) is 12.8 Å². The molecule has 1 aliphatic heterocycles. The normalized spacial score (nSPS) is 12.7. The summed E-state index contributed by atoms with van der Waals surface area (Å²) in [5.74, 6) is 0.712. The molecule has 0 fully saturated rings. The van der Waals surface area contributed by atoms with Gasteiger partial charge in [-0.3, -0.25) is 4.79 Å². The van der Waals surface area contributed by atoms with Gasteiger partial charge >= 0.3 is 0 Å². The standard InChI is InChI=1S/C17H14N2O2/c18-11-12-3-6-15(7-4-12)19-17(20)14-5-8-16-13(10-14)2-1-9-21-16/h3-8,10H,1-2,9H2,(H,19,20). The molecule has 1 heterocycles. The zero-order valence-electron chi connectivity index (χ0n) is 11.4. The minimum Gasteiger partial charge on any atom is -0.493 e. The van der Waals surface area contributed by atoms with Gasteiger partial charge in [-0.15, -0.1) is 0 Å². The van der Waals surface area contributed by atoms with Gasteiger partial charge in [-0.05, 0) is 60.9 Å². The van der Waals surface area contributed by atoms with Gasteiger partial charge in [0.05, 0.1) is 18.2 Å². The van der Waals surface area contributed by atoms with Gasteiger partial charge in [-0.25, -0.2) is 0 Å². The fraction of sp³-hybridized carbons (Fsp3) is 0.176. The van der Waals surface area contributed by atoms with Crippen molar-refractivity contribution in [3.63, 3.8) is 0 Å². The molecule has 4 heteroatoms. The molecule has 0 saturated carbocycles. The minimum absolute atomic E-state index is 0.159. The van der Waals surface area contributed by atoms with Crippen molar-refractivity contribution in [3.8, 4) is 11.8 Å². The predicted octanol–water partition coefficient (Wildman–Crippen LogP) is 3.14. The number of hydrogen-bond donors (Lipinski definition) is 1. The molecule has 1 aliphatic rings. The van der Waals surface area contributed by atoms with Gasteiger partial charge in [0, 0.05) is 11.3 Å². The van der Waals surface area contributed by atoms with Crippen LogP contribution in [-0.2, 0) is 6.42 Å². The topological polar surface area (TPSA) is 62.1 Å². The third-order valence-electron chi connectivity index (χ3n) is 3.44. The van der Waals surface area contributed by atoms with Crippen molar-refractivity contribution < 1.29 is 9.53 Å². The Hall–Kier alpha value is -2.80. The van der Waals surface area contributed by atoms with Crippen LogP contribution < -0.4 is 10.1 Å². The molecule has 2 aromatic rings. The van der Waals surface area contributed by atoms with Gasteiger partial charge in [0.2, 0.25) is 0 Å². The van der Waals surface area contributed by atoms with Crippen LogP contribution in [0.2, 0.25) is 0 Å². The zero-order valence-corrected chi connectivity index (χ0v) is 11.4. The Labute approximate surface area is 123 Å². The molecule has 0 unspecified atom stereocenters. The largest absolute Gasteiger partial charge is 0.493 e. The second-order valence-corrected chi connectivity index (χ2v) is 4.92. The summed E-state index contributed by atoms with van der Waals surface area (Å²) in [5, 5.41) is 11.6. The van der Waals surface area contributed by atoms with E-state index in [1.165, 1.54) is 0 Å². The van der Waals surface area contributed by atoms with Crippen LogP contribution in [0, 0.1) is 11.3 Å². The van der Waals surface area contributed by atoms with Crippen molar-refractivity contribution in [3.05, 3.63) is 59.2 Å². The zero-order chi connectivity index (χ0) is 14.7. The van der Waals surface area contributed by atoms with Crippen LogP contribution in [0.3, 0.4) is 0 Å². The molecule has 0 radical (unpaired) electrons. The fourth-order valence-corrected chi connectivity index (χ4v) is 2.33. The van der Waals surface area contributed by atoms with E-state index in [1.807, 2.05) is 18.2 Å². The molecule has 3 rings (SSSR count). The summed E-state index contributed by atoms with van der Waals surface area (Å²) in [6, 6.07) is 14.3. The van der Waals surface area contributed by atoms with Gasteiger partial charge in [0.1, 0.15) is 5.75 Å². The van der Waals surface area contributed by atoms with Gasteiger partial charge in [-0.1, -0.05) is 0 Å². The van der Waals surface area contributed by atoms with Crippen molar-refractivity contribution >= 4 is 11.6 Å². The van der Waals surface area contributed by atoms with Gasteiger partial charge in [0.15, 0.2) is 0 Å². The second-order valence-electron chi connectivity index (χ2n) is 4.92. The number of nitrogens with zero attached hydrogens (tertiary/aromatic N) is 1. The van der Waals surface area contributed by atoms with E-state index in [1.54, 1.807) is 30.3 Å². The number of fused-ring (bicyclic) bond motifs is 1. The van der Waals surface area contributed by atoms with E-state index in [2.05, 4.69) is 5.32 Å². The van der Waals surface area contributed by atoms with E-state index in [9.17, 15) is 4.79 Å². The highest BCUT2D eigenvalue weighted by Crippen LogP contribution is 2.25. The molecule has 0 spiro atoms. The summed E-state index contributed by atoms with van der Waals surface area (Å²) in [6.07, 6.45) is 1.92. The molecule has 1 amide bonds. The molecule has 2 aromatic carbocycles. The van der Waals surface area contributed by atoms with Crippen LogP contribution >= 0.6 is 0 Å². The Morgan fingerprint density at radius 3 is 2.76 bits per heavy atom. The van der Waals surface area contributed by atoms with E-state index in [0.717, 1.165) is 30.8 Å². The Kier molecular flexibility index (Phi) is 3.57.